The molecule has 0 aromatic carbocycles. The van der Waals surface area contributed by atoms with Crippen LogP contribution in [-0.2, 0) is 9.59 Å². The first-order chi connectivity index (χ1) is 8.75. The molecule has 0 fully saturated rings. The van der Waals surface area contributed by atoms with Crippen LogP contribution in [0.4, 0.5) is 0 Å². The van der Waals surface area contributed by atoms with E-state index in [1.807, 2.05) is 7.05 Å². The van der Waals surface area contributed by atoms with E-state index in [0.717, 1.165) is 0 Å². The molecule has 0 rings (SSSR count). The molecule has 0 saturated carbocycles. The lowest BCUT2D eigenvalue weighted by Gasteiger charge is -2.32. The first kappa shape index (κ1) is 16.9. The molecule has 0 aliphatic carbocycles. The average Bonchev–Trinajstić information content (AvgIpc) is 2.28. The lowest BCUT2D eigenvalue weighted by molar-refractivity contribution is -0.893. The van der Waals surface area contributed by atoms with E-state index in [1.165, 1.54) is 0 Å². The number of hydrogen-bond acceptors (Lipinski definition) is 3. The molecule has 0 spiro atoms. The summed E-state index contributed by atoms with van der Waals surface area (Å²) in [4.78, 5) is 22.2. The van der Waals surface area contributed by atoms with Gasteiger partial charge in [0.25, 0.3) is 5.91 Å². The molecule has 0 aromatic heterocycles. The summed E-state index contributed by atoms with van der Waals surface area (Å²) >= 11 is 0. The SMILES string of the molecule is C=CC[N+](C)(CC=C)CC(=C)C(=O)NC(=C)C(=O)[O-]. The van der Waals surface area contributed by atoms with Gasteiger partial charge in [0.2, 0.25) is 0 Å². The van der Waals surface area contributed by atoms with Gasteiger partial charge in [0.1, 0.15) is 6.54 Å². The second-order valence-corrected chi connectivity index (χ2v) is 4.54. The van der Waals surface area contributed by atoms with Gasteiger partial charge in [-0.15, -0.1) is 0 Å². The summed E-state index contributed by atoms with van der Waals surface area (Å²) in [6, 6.07) is 0. The third-order valence-electron chi connectivity index (χ3n) is 2.54. The van der Waals surface area contributed by atoms with Crippen LogP contribution in [0, 0.1) is 0 Å². The molecule has 0 unspecified atom stereocenters. The summed E-state index contributed by atoms with van der Waals surface area (Å²) in [6.45, 7) is 15.8. The highest BCUT2D eigenvalue weighted by Gasteiger charge is 2.22. The highest BCUT2D eigenvalue weighted by atomic mass is 16.4. The molecule has 0 heterocycles. The van der Waals surface area contributed by atoms with Gasteiger partial charge < -0.3 is 19.7 Å². The van der Waals surface area contributed by atoms with Gasteiger partial charge in [0, 0.05) is 0 Å². The Balaban J connectivity index is 4.68. The Labute approximate surface area is 113 Å². The van der Waals surface area contributed by atoms with Crippen molar-refractivity contribution in [2.45, 2.75) is 0 Å². The molecular weight excluding hydrogens is 244 g/mol. The monoisotopic (exact) mass is 264 g/mol. The lowest BCUT2D eigenvalue weighted by atomic mass is 10.2. The number of rotatable bonds is 9. The maximum absolute atomic E-state index is 11.7. The Kier molecular flexibility index (Phi) is 6.50. The molecule has 0 atom stereocenters. The Morgan fingerprint density at radius 3 is 2.05 bits per heavy atom. The number of quaternary nitrogens is 1. The molecule has 0 radical (unpaired) electrons. The molecule has 1 N–H and O–H groups in total. The number of carboxylic acids is 1. The van der Waals surface area contributed by atoms with E-state index in [2.05, 4.69) is 31.6 Å². The fraction of sp³-hybridized carbons (Fsp3) is 0.286. The number of nitrogens with zero attached hydrogens (tertiary/aromatic N) is 1. The normalized spacial score (nSPS) is 10.4. The Morgan fingerprint density at radius 1 is 1.21 bits per heavy atom. The summed E-state index contributed by atoms with van der Waals surface area (Å²) < 4.78 is 0.483. The minimum Gasteiger partial charge on any atom is -0.543 e. The van der Waals surface area contributed by atoms with E-state index in [-0.39, 0.29) is 5.57 Å². The molecule has 0 aliphatic rings. The summed E-state index contributed by atoms with van der Waals surface area (Å²) in [5, 5.41) is 12.6. The first-order valence-electron chi connectivity index (χ1n) is 5.70. The topological polar surface area (TPSA) is 69.2 Å². The van der Waals surface area contributed by atoms with Gasteiger partial charge in [0.05, 0.1) is 37.4 Å². The van der Waals surface area contributed by atoms with Gasteiger partial charge in [-0.25, -0.2) is 0 Å². The van der Waals surface area contributed by atoms with Crippen molar-refractivity contribution in [1.29, 1.82) is 0 Å². The van der Waals surface area contributed by atoms with Crippen molar-refractivity contribution in [3.63, 3.8) is 0 Å². The van der Waals surface area contributed by atoms with Crippen molar-refractivity contribution in [3.05, 3.63) is 49.7 Å². The van der Waals surface area contributed by atoms with Crippen LogP contribution in [0.3, 0.4) is 0 Å². The minimum absolute atomic E-state index is 0.258. The van der Waals surface area contributed by atoms with Gasteiger partial charge in [-0.3, -0.25) is 4.79 Å². The predicted octanol–water partition coefficient (Wildman–Crippen LogP) is -0.259. The number of aliphatic carboxylic acids is 1. The molecule has 19 heavy (non-hydrogen) atoms. The van der Waals surface area contributed by atoms with E-state index in [1.54, 1.807) is 12.2 Å². The fourth-order valence-corrected chi connectivity index (χ4v) is 1.64. The molecule has 5 heteroatoms. The van der Waals surface area contributed by atoms with Crippen molar-refractivity contribution >= 4 is 11.9 Å². The fourth-order valence-electron chi connectivity index (χ4n) is 1.64. The summed E-state index contributed by atoms with van der Waals surface area (Å²) in [5.41, 5.74) is -0.221. The maximum Gasteiger partial charge on any atom is 0.256 e. The quantitative estimate of drug-likeness (QED) is 0.354. The van der Waals surface area contributed by atoms with Gasteiger partial charge in [-0.05, 0) is 12.2 Å². The summed E-state index contributed by atoms with van der Waals surface area (Å²) in [6.07, 6.45) is 3.49. The highest BCUT2D eigenvalue weighted by molar-refractivity contribution is 5.99. The maximum atomic E-state index is 11.7. The van der Waals surface area contributed by atoms with Crippen LogP contribution in [0.15, 0.2) is 49.7 Å². The number of carbonyl (C=O) groups excluding carboxylic acids is 2. The zero-order valence-electron chi connectivity index (χ0n) is 11.3. The summed E-state index contributed by atoms with van der Waals surface area (Å²) in [7, 11) is 1.93. The number of hydrogen-bond donors (Lipinski definition) is 1. The van der Waals surface area contributed by atoms with Crippen molar-refractivity contribution in [3.8, 4) is 0 Å². The van der Waals surface area contributed by atoms with E-state index in [9.17, 15) is 14.7 Å². The van der Waals surface area contributed by atoms with Crippen molar-refractivity contribution in [2.75, 3.05) is 26.7 Å². The average molecular weight is 264 g/mol. The number of nitrogens with one attached hydrogen (secondary N) is 1. The molecule has 5 nitrogen and oxygen atoms in total. The largest absolute Gasteiger partial charge is 0.543 e. The zero-order valence-corrected chi connectivity index (χ0v) is 11.3. The molecule has 0 bridgehead atoms. The van der Waals surface area contributed by atoms with Crippen molar-refractivity contribution < 1.29 is 19.2 Å². The Morgan fingerprint density at radius 2 is 1.68 bits per heavy atom. The van der Waals surface area contributed by atoms with Crippen LogP contribution >= 0.6 is 0 Å². The van der Waals surface area contributed by atoms with Crippen LogP contribution in [0.2, 0.25) is 0 Å². The van der Waals surface area contributed by atoms with E-state index < -0.39 is 17.6 Å². The molecule has 1 amide bonds. The van der Waals surface area contributed by atoms with Crippen LogP contribution in [0.25, 0.3) is 0 Å². The summed E-state index contributed by atoms with van der Waals surface area (Å²) in [5.74, 6) is -2.10. The molecule has 104 valence electrons. The number of carboxylic acid groups (broad SMARTS) is 1. The zero-order chi connectivity index (χ0) is 15.1. The smallest absolute Gasteiger partial charge is 0.256 e. The van der Waals surface area contributed by atoms with Crippen LogP contribution in [0.1, 0.15) is 0 Å². The molecule has 0 aromatic rings. The molecule has 0 saturated heterocycles. The second-order valence-electron chi connectivity index (χ2n) is 4.54. The molecular formula is C14H20N2O3. The number of carbonyl (C=O) groups is 2. The second kappa shape index (κ2) is 7.33. The minimum atomic E-state index is -1.52. The van der Waals surface area contributed by atoms with E-state index in [0.29, 0.717) is 24.1 Å². The van der Waals surface area contributed by atoms with Crippen LogP contribution < -0.4 is 10.4 Å². The Bertz CT molecular complexity index is 414. The van der Waals surface area contributed by atoms with Crippen molar-refractivity contribution in [1.82, 2.24) is 5.32 Å². The lowest BCUT2D eigenvalue weighted by Crippen LogP contribution is -2.47. The number of likely N-dealkylation sites (N-methyl/N-ethyl adjacent to an activating group) is 1. The highest BCUT2D eigenvalue weighted by Crippen LogP contribution is 2.08. The van der Waals surface area contributed by atoms with Gasteiger partial charge in [-0.1, -0.05) is 26.3 Å². The van der Waals surface area contributed by atoms with Gasteiger partial charge in [-0.2, -0.15) is 0 Å². The van der Waals surface area contributed by atoms with E-state index >= 15 is 0 Å². The van der Waals surface area contributed by atoms with E-state index in [4.69, 9.17) is 0 Å². The first-order valence-corrected chi connectivity index (χ1v) is 5.70. The van der Waals surface area contributed by atoms with Crippen molar-refractivity contribution in [2.24, 2.45) is 0 Å². The van der Waals surface area contributed by atoms with Gasteiger partial charge >= 0.3 is 0 Å². The standard InChI is InChI=1S/C14H20N2O3/c1-6-8-16(5,9-7-2)10-11(3)13(17)15-12(4)14(18)19/h6-7H,1-4,8-10H2,5H3,(H-,15,17,18,19). The Hall–Kier alpha value is -2.14. The third-order valence-corrected chi connectivity index (χ3v) is 2.54. The van der Waals surface area contributed by atoms with Crippen LogP contribution in [0.5, 0.6) is 0 Å². The predicted molar refractivity (Wildman–Crippen MR) is 72.6 cm³/mol. The van der Waals surface area contributed by atoms with Crippen LogP contribution in [-0.4, -0.2) is 43.0 Å². The third kappa shape index (κ3) is 5.83. The molecule has 0 aliphatic heterocycles. The number of amides is 1. The van der Waals surface area contributed by atoms with Gasteiger partial charge in [0.15, 0.2) is 0 Å².